The first-order valence-electron chi connectivity index (χ1n) is 8.70. The molecule has 1 aliphatic heterocycles. The normalized spacial score (nSPS) is 16.2. The van der Waals surface area contributed by atoms with Crippen molar-refractivity contribution in [3.05, 3.63) is 70.3 Å². The maximum Gasteiger partial charge on any atom is 0.285 e. The lowest BCUT2D eigenvalue weighted by Crippen LogP contribution is -2.12. The highest BCUT2D eigenvalue weighted by molar-refractivity contribution is 8.00. The van der Waals surface area contributed by atoms with Crippen molar-refractivity contribution in [3.8, 4) is 0 Å². The number of benzene rings is 2. The van der Waals surface area contributed by atoms with Gasteiger partial charge in [-0.15, -0.1) is 4.40 Å². The molecule has 3 rings (SSSR count). The number of nitrogens with one attached hydrogen (secondary N) is 1. The first-order valence-corrected chi connectivity index (χ1v) is 10.1. The average molecular weight is 369 g/mol. The van der Waals surface area contributed by atoms with Crippen LogP contribution in [0, 0.1) is 13.8 Å². The molecule has 0 aliphatic carbocycles. The van der Waals surface area contributed by atoms with Crippen LogP contribution in [0.5, 0.6) is 0 Å². The standard InChI is InChI=1S/C21H24N2O2S/c1-13(2)17-8-10-18(11-9-17)20-16(5)21(23-26(20,24)25)22-19-12-14(3)6-7-15(19)4/h6-13H,1-5H3,(H,22,23). The Morgan fingerprint density at radius 1 is 0.962 bits per heavy atom. The Bertz CT molecular complexity index is 1010. The van der Waals surface area contributed by atoms with E-state index < -0.39 is 10.0 Å². The van der Waals surface area contributed by atoms with Crippen LogP contribution in [-0.4, -0.2) is 14.3 Å². The summed E-state index contributed by atoms with van der Waals surface area (Å²) in [4.78, 5) is 0.278. The van der Waals surface area contributed by atoms with Gasteiger partial charge in [-0.2, -0.15) is 8.42 Å². The first kappa shape index (κ1) is 18.4. The van der Waals surface area contributed by atoms with E-state index in [1.165, 1.54) is 5.56 Å². The third-order valence-electron chi connectivity index (χ3n) is 4.65. The van der Waals surface area contributed by atoms with Gasteiger partial charge in [-0.1, -0.05) is 50.2 Å². The second-order valence-corrected chi connectivity index (χ2v) is 8.63. The van der Waals surface area contributed by atoms with Gasteiger partial charge in [0.15, 0.2) is 0 Å². The first-order chi connectivity index (χ1) is 12.2. The molecule has 0 unspecified atom stereocenters. The van der Waals surface area contributed by atoms with E-state index >= 15 is 0 Å². The molecule has 0 radical (unpaired) electrons. The highest BCUT2D eigenvalue weighted by Gasteiger charge is 2.31. The fourth-order valence-corrected chi connectivity index (χ4v) is 4.47. The molecule has 0 bridgehead atoms. The molecule has 136 valence electrons. The van der Waals surface area contributed by atoms with E-state index in [4.69, 9.17) is 0 Å². The maximum atomic E-state index is 12.7. The molecule has 1 N–H and O–H groups in total. The summed E-state index contributed by atoms with van der Waals surface area (Å²) < 4.78 is 29.3. The number of nitrogens with zero attached hydrogens (tertiary/aromatic N) is 1. The Morgan fingerprint density at radius 2 is 1.62 bits per heavy atom. The third kappa shape index (κ3) is 3.44. The zero-order valence-corrected chi connectivity index (χ0v) is 16.6. The van der Waals surface area contributed by atoms with Gasteiger partial charge in [0, 0.05) is 11.3 Å². The van der Waals surface area contributed by atoms with Gasteiger partial charge in [0.1, 0.15) is 10.7 Å². The summed E-state index contributed by atoms with van der Waals surface area (Å²) in [6, 6.07) is 13.7. The Hall–Kier alpha value is -2.40. The molecule has 2 aromatic carbocycles. The molecular formula is C21H24N2O2S. The van der Waals surface area contributed by atoms with Crippen LogP contribution in [0.3, 0.4) is 0 Å². The van der Waals surface area contributed by atoms with Gasteiger partial charge in [-0.3, -0.25) is 0 Å². The summed E-state index contributed by atoms with van der Waals surface area (Å²) >= 11 is 0. The summed E-state index contributed by atoms with van der Waals surface area (Å²) in [5, 5.41) is 3.20. The topological polar surface area (TPSA) is 58.5 Å². The summed E-state index contributed by atoms with van der Waals surface area (Å²) in [6.45, 7) is 10.0. The molecule has 0 saturated carbocycles. The van der Waals surface area contributed by atoms with Crippen molar-refractivity contribution in [2.75, 3.05) is 5.32 Å². The molecule has 0 spiro atoms. The zero-order chi connectivity index (χ0) is 19.1. The third-order valence-corrected chi connectivity index (χ3v) is 6.13. The van der Waals surface area contributed by atoms with Crippen molar-refractivity contribution < 1.29 is 8.42 Å². The van der Waals surface area contributed by atoms with E-state index in [-0.39, 0.29) is 4.91 Å². The minimum Gasteiger partial charge on any atom is -0.339 e. The van der Waals surface area contributed by atoms with Gasteiger partial charge in [-0.25, -0.2) is 0 Å². The minimum atomic E-state index is -3.71. The number of sulfonamides is 1. The van der Waals surface area contributed by atoms with Crippen LogP contribution in [0.25, 0.3) is 4.91 Å². The van der Waals surface area contributed by atoms with Gasteiger partial charge in [0.05, 0.1) is 0 Å². The van der Waals surface area contributed by atoms with Crippen LogP contribution in [-0.2, 0) is 10.0 Å². The number of rotatable bonds is 3. The van der Waals surface area contributed by atoms with Crippen molar-refractivity contribution in [3.63, 3.8) is 0 Å². The molecule has 0 saturated heterocycles. The van der Waals surface area contributed by atoms with Crippen LogP contribution in [0.15, 0.2) is 52.4 Å². The number of anilines is 1. The second-order valence-electron chi connectivity index (χ2n) is 7.09. The van der Waals surface area contributed by atoms with Gasteiger partial charge in [0.25, 0.3) is 10.0 Å². The van der Waals surface area contributed by atoms with E-state index in [1.807, 2.05) is 56.3 Å². The van der Waals surface area contributed by atoms with Gasteiger partial charge >= 0.3 is 0 Å². The van der Waals surface area contributed by atoms with Crippen LogP contribution in [0.1, 0.15) is 48.9 Å². The van der Waals surface area contributed by atoms with Crippen LogP contribution >= 0.6 is 0 Å². The minimum absolute atomic E-state index is 0.278. The van der Waals surface area contributed by atoms with E-state index in [0.29, 0.717) is 22.9 Å². The Balaban J connectivity index is 2.00. The smallest absolute Gasteiger partial charge is 0.285 e. The zero-order valence-electron chi connectivity index (χ0n) is 15.8. The van der Waals surface area contributed by atoms with E-state index in [2.05, 4.69) is 23.6 Å². The quantitative estimate of drug-likeness (QED) is 0.828. The predicted molar refractivity (Wildman–Crippen MR) is 109 cm³/mol. The fraction of sp³-hybridized carbons (Fsp3) is 0.286. The second kappa shape index (κ2) is 6.72. The lowest BCUT2D eigenvalue weighted by Gasteiger charge is -2.11. The van der Waals surface area contributed by atoms with Crippen molar-refractivity contribution >= 4 is 26.5 Å². The molecule has 26 heavy (non-hydrogen) atoms. The molecule has 0 atom stereocenters. The molecule has 1 heterocycles. The highest BCUT2D eigenvalue weighted by Crippen LogP contribution is 2.34. The van der Waals surface area contributed by atoms with Crippen molar-refractivity contribution in [1.82, 2.24) is 0 Å². The largest absolute Gasteiger partial charge is 0.339 e. The number of amidine groups is 1. The molecule has 0 amide bonds. The summed E-state index contributed by atoms with van der Waals surface area (Å²) in [6.07, 6.45) is 0. The highest BCUT2D eigenvalue weighted by atomic mass is 32.2. The Kier molecular flexibility index (Phi) is 4.76. The van der Waals surface area contributed by atoms with Gasteiger partial charge in [-0.05, 0) is 55.0 Å². The van der Waals surface area contributed by atoms with E-state index in [9.17, 15) is 8.42 Å². The number of hydrogen-bond acceptors (Lipinski definition) is 3. The Morgan fingerprint density at radius 3 is 2.23 bits per heavy atom. The fourth-order valence-electron chi connectivity index (χ4n) is 3.03. The lowest BCUT2D eigenvalue weighted by atomic mass is 10.0. The van der Waals surface area contributed by atoms with E-state index in [1.54, 1.807) is 6.92 Å². The van der Waals surface area contributed by atoms with Crippen molar-refractivity contribution in [1.29, 1.82) is 0 Å². The molecule has 1 aliphatic rings. The molecule has 0 aromatic heterocycles. The molecule has 4 nitrogen and oxygen atoms in total. The van der Waals surface area contributed by atoms with Crippen molar-refractivity contribution in [2.45, 2.75) is 40.5 Å². The van der Waals surface area contributed by atoms with Crippen LogP contribution in [0.2, 0.25) is 0 Å². The predicted octanol–water partition coefficient (Wildman–Crippen LogP) is 5.01. The molecule has 2 aromatic rings. The molecule has 0 fully saturated rings. The van der Waals surface area contributed by atoms with Crippen LogP contribution < -0.4 is 5.32 Å². The molecule has 5 heteroatoms. The average Bonchev–Trinajstić information content (AvgIpc) is 2.80. The monoisotopic (exact) mass is 368 g/mol. The van der Waals surface area contributed by atoms with Crippen LogP contribution in [0.4, 0.5) is 5.69 Å². The lowest BCUT2D eigenvalue weighted by molar-refractivity contribution is 0.608. The summed E-state index contributed by atoms with van der Waals surface area (Å²) in [7, 11) is -3.71. The van der Waals surface area contributed by atoms with E-state index in [0.717, 1.165) is 16.8 Å². The van der Waals surface area contributed by atoms with Gasteiger partial charge < -0.3 is 5.32 Å². The SMILES string of the molecule is CC1=C(c2ccc(C(C)C)cc2)S(=O)(=O)N=C1Nc1cc(C)ccc1C. The van der Waals surface area contributed by atoms with Gasteiger partial charge in [0.2, 0.25) is 0 Å². The number of aryl methyl sites for hydroxylation is 2. The summed E-state index contributed by atoms with van der Waals surface area (Å²) in [5.74, 6) is 0.790. The van der Waals surface area contributed by atoms with Crippen molar-refractivity contribution in [2.24, 2.45) is 4.40 Å². The maximum absolute atomic E-state index is 12.7. The number of hydrogen-bond donors (Lipinski definition) is 1. The Labute approximate surface area is 155 Å². The molecular weight excluding hydrogens is 344 g/mol. The summed E-state index contributed by atoms with van der Waals surface area (Å²) in [5.41, 5.74) is 5.51.